The van der Waals surface area contributed by atoms with E-state index in [0.29, 0.717) is 24.3 Å². The standard InChI is InChI=1S/C17H24N2O2/c20-16(15-11-14-6-7-17(15)21-14)10-12-8-9-19(18-12)13-4-2-1-3-5-13/h8-9,13-15,17H,1-7,10-11H2. The van der Waals surface area contributed by atoms with Crippen LogP contribution >= 0.6 is 0 Å². The minimum absolute atomic E-state index is 0.128. The maximum Gasteiger partial charge on any atom is 0.144 e. The number of fused-ring (bicyclic) bond motifs is 2. The van der Waals surface area contributed by atoms with Gasteiger partial charge in [-0.15, -0.1) is 0 Å². The summed E-state index contributed by atoms with van der Waals surface area (Å²) >= 11 is 0. The van der Waals surface area contributed by atoms with Crippen LogP contribution in [0.1, 0.15) is 63.1 Å². The number of rotatable bonds is 4. The molecule has 1 saturated carbocycles. The molecule has 1 aromatic rings. The third kappa shape index (κ3) is 2.66. The van der Waals surface area contributed by atoms with Crippen molar-refractivity contribution in [2.75, 3.05) is 0 Å². The third-order valence-corrected chi connectivity index (χ3v) is 5.49. The molecule has 2 saturated heterocycles. The Kier molecular flexibility index (Phi) is 3.57. The molecule has 3 unspecified atom stereocenters. The van der Waals surface area contributed by atoms with Crippen LogP contribution in [0.3, 0.4) is 0 Å². The Morgan fingerprint density at radius 2 is 2.10 bits per heavy atom. The van der Waals surface area contributed by atoms with E-state index in [1.165, 1.54) is 32.1 Å². The fourth-order valence-corrected chi connectivity index (χ4v) is 4.31. The average molecular weight is 288 g/mol. The quantitative estimate of drug-likeness (QED) is 0.855. The van der Waals surface area contributed by atoms with Gasteiger partial charge in [0.1, 0.15) is 5.78 Å². The fourth-order valence-electron chi connectivity index (χ4n) is 4.31. The predicted octanol–water partition coefficient (Wildman–Crippen LogP) is 3.07. The molecular formula is C17H24N2O2. The summed E-state index contributed by atoms with van der Waals surface area (Å²) < 4.78 is 7.89. The second-order valence-corrected chi connectivity index (χ2v) is 6.94. The number of carbonyl (C=O) groups is 1. The Balaban J connectivity index is 1.38. The molecule has 3 aliphatic rings. The van der Waals surface area contributed by atoms with E-state index < -0.39 is 0 Å². The first kappa shape index (κ1) is 13.5. The fraction of sp³-hybridized carbons (Fsp3) is 0.765. The lowest BCUT2D eigenvalue weighted by Crippen LogP contribution is -2.26. The largest absolute Gasteiger partial charge is 0.374 e. The molecule has 3 atom stereocenters. The molecule has 2 aliphatic heterocycles. The van der Waals surface area contributed by atoms with Gasteiger partial charge in [0.2, 0.25) is 0 Å². The molecule has 0 N–H and O–H groups in total. The van der Waals surface area contributed by atoms with Crippen molar-refractivity contribution < 1.29 is 9.53 Å². The lowest BCUT2D eigenvalue weighted by atomic mass is 9.85. The smallest absolute Gasteiger partial charge is 0.144 e. The zero-order valence-electron chi connectivity index (χ0n) is 12.5. The van der Waals surface area contributed by atoms with Crippen molar-refractivity contribution in [1.82, 2.24) is 9.78 Å². The van der Waals surface area contributed by atoms with Crippen LogP contribution in [-0.4, -0.2) is 27.8 Å². The number of ketones is 1. The first-order valence-electron chi connectivity index (χ1n) is 8.52. The average Bonchev–Trinajstić information content (AvgIpc) is 3.24. The van der Waals surface area contributed by atoms with E-state index in [0.717, 1.165) is 25.0 Å². The topological polar surface area (TPSA) is 44.1 Å². The minimum atomic E-state index is 0.128. The summed E-state index contributed by atoms with van der Waals surface area (Å²) in [5, 5.41) is 4.66. The van der Waals surface area contributed by atoms with Gasteiger partial charge in [-0.05, 0) is 38.2 Å². The molecule has 0 amide bonds. The second-order valence-electron chi connectivity index (χ2n) is 6.94. The number of nitrogens with zero attached hydrogens (tertiary/aromatic N) is 2. The van der Waals surface area contributed by atoms with E-state index >= 15 is 0 Å². The number of ether oxygens (including phenoxy) is 1. The molecule has 4 rings (SSSR count). The maximum absolute atomic E-state index is 12.5. The first-order valence-corrected chi connectivity index (χ1v) is 8.52. The first-order chi connectivity index (χ1) is 10.3. The van der Waals surface area contributed by atoms with Crippen molar-refractivity contribution >= 4 is 5.78 Å². The van der Waals surface area contributed by atoms with Crippen molar-refractivity contribution in [3.05, 3.63) is 18.0 Å². The SMILES string of the molecule is O=C(Cc1ccn(C2CCCCC2)n1)C1CC2CCC1O2. The lowest BCUT2D eigenvalue weighted by molar-refractivity contribution is -0.123. The summed E-state index contributed by atoms with van der Waals surface area (Å²) in [6.45, 7) is 0. The Labute approximate surface area is 125 Å². The van der Waals surface area contributed by atoms with Crippen LogP contribution in [-0.2, 0) is 16.0 Å². The van der Waals surface area contributed by atoms with Gasteiger partial charge in [-0.3, -0.25) is 9.48 Å². The highest BCUT2D eigenvalue weighted by molar-refractivity contribution is 5.83. The molecule has 2 bridgehead atoms. The summed E-state index contributed by atoms with van der Waals surface area (Å²) in [5.41, 5.74) is 0.938. The monoisotopic (exact) mass is 288 g/mol. The van der Waals surface area contributed by atoms with Gasteiger partial charge in [0.25, 0.3) is 0 Å². The maximum atomic E-state index is 12.5. The van der Waals surface area contributed by atoms with Crippen LogP contribution < -0.4 is 0 Å². The molecule has 1 aromatic heterocycles. The Morgan fingerprint density at radius 1 is 1.24 bits per heavy atom. The van der Waals surface area contributed by atoms with E-state index in [4.69, 9.17) is 4.74 Å². The predicted molar refractivity (Wildman–Crippen MR) is 79.1 cm³/mol. The van der Waals surface area contributed by atoms with Crippen LogP contribution in [0.4, 0.5) is 0 Å². The summed E-state index contributed by atoms with van der Waals surface area (Å²) in [7, 11) is 0. The van der Waals surface area contributed by atoms with Crippen LogP contribution in [0.25, 0.3) is 0 Å². The third-order valence-electron chi connectivity index (χ3n) is 5.49. The summed E-state index contributed by atoms with van der Waals surface area (Å²) in [4.78, 5) is 12.5. The van der Waals surface area contributed by atoms with Crippen molar-refractivity contribution in [2.24, 2.45) is 5.92 Å². The number of carbonyl (C=O) groups excluding carboxylic acids is 1. The van der Waals surface area contributed by atoms with Crippen molar-refractivity contribution in [3.8, 4) is 0 Å². The molecule has 4 heteroatoms. The molecule has 114 valence electrons. The molecule has 0 aromatic carbocycles. The number of hydrogen-bond donors (Lipinski definition) is 0. The summed E-state index contributed by atoms with van der Waals surface area (Å²) in [5.74, 6) is 0.458. The van der Waals surface area contributed by atoms with Crippen LogP contribution in [0.5, 0.6) is 0 Å². The van der Waals surface area contributed by atoms with Gasteiger partial charge in [-0.25, -0.2) is 0 Å². The molecule has 4 nitrogen and oxygen atoms in total. The van der Waals surface area contributed by atoms with Crippen molar-refractivity contribution in [2.45, 2.75) is 76.0 Å². The second kappa shape index (κ2) is 5.56. The number of aromatic nitrogens is 2. The van der Waals surface area contributed by atoms with Gasteiger partial charge in [-0.2, -0.15) is 5.10 Å². The van der Waals surface area contributed by atoms with Crippen LogP contribution in [0, 0.1) is 5.92 Å². The zero-order chi connectivity index (χ0) is 14.2. The number of Topliss-reactive ketones (excluding diaryl/α,β-unsaturated/α-hetero) is 1. The van der Waals surface area contributed by atoms with Gasteiger partial charge in [0.15, 0.2) is 0 Å². The summed E-state index contributed by atoms with van der Waals surface area (Å²) in [6.07, 6.45) is 12.7. The van der Waals surface area contributed by atoms with Gasteiger partial charge < -0.3 is 4.74 Å². The van der Waals surface area contributed by atoms with E-state index in [-0.39, 0.29) is 12.0 Å². The van der Waals surface area contributed by atoms with Crippen molar-refractivity contribution in [1.29, 1.82) is 0 Å². The molecule has 3 heterocycles. The Morgan fingerprint density at radius 3 is 2.81 bits per heavy atom. The molecule has 1 aliphatic carbocycles. The molecular weight excluding hydrogens is 264 g/mol. The normalized spacial score (nSPS) is 32.7. The van der Waals surface area contributed by atoms with Gasteiger partial charge in [0.05, 0.1) is 30.4 Å². The molecule has 0 radical (unpaired) electrons. The van der Waals surface area contributed by atoms with E-state index in [1.54, 1.807) is 0 Å². The van der Waals surface area contributed by atoms with Gasteiger partial charge in [-0.1, -0.05) is 19.3 Å². The highest BCUT2D eigenvalue weighted by Gasteiger charge is 2.44. The highest BCUT2D eigenvalue weighted by Crippen LogP contribution is 2.39. The minimum Gasteiger partial charge on any atom is -0.374 e. The summed E-state index contributed by atoms with van der Waals surface area (Å²) in [6, 6.07) is 2.58. The van der Waals surface area contributed by atoms with Crippen LogP contribution in [0.15, 0.2) is 12.3 Å². The van der Waals surface area contributed by atoms with Gasteiger partial charge in [0, 0.05) is 12.1 Å². The highest BCUT2D eigenvalue weighted by atomic mass is 16.5. The lowest BCUT2D eigenvalue weighted by Gasteiger charge is -2.21. The van der Waals surface area contributed by atoms with Crippen molar-refractivity contribution in [3.63, 3.8) is 0 Å². The Bertz CT molecular complexity index is 519. The van der Waals surface area contributed by atoms with E-state index in [2.05, 4.69) is 16.0 Å². The van der Waals surface area contributed by atoms with Crippen LogP contribution in [0.2, 0.25) is 0 Å². The molecule has 21 heavy (non-hydrogen) atoms. The molecule has 3 fully saturated rings. The van der Waals surface area contributed by atoms with Gasteiger partial charge >= 0.3 is 0 Å². The zero-order valence-corrected chi connectivity index (χ0v) is 12.5. The van der Waals surface area contributed by atoms with E-state index in [1.807, 2.05) is 6.07 Å². The Hall–Kier alpha value is -1.16. The molecule has 0 spiro atoms. The number of hydrogen-bond acceptors (Lipinski definition) is 3. The van der Waals surface area contributed by atoms with E-state index in [9.17, 15) is 4.79 Å².